The summed E-state index contributed by atoms with van der Waals surface area (Å²) in [6.07, 6.45) is 2.20. The van der Waals surface area contributed by atoms with Crippen LogP contribution in [0.5, 0.6) is 0 Å². The van der Waals surface area contributed by atoms with E-state index in [0.29, 0.717) is 19.8 Å². The lowest BCUT2D eigenvalue weighted by Gasteiger charge is -2.15. The monoisotopic (exact) mass is 539 g/mol. The zero-order chi connectivity index (χ0) is 20.9. The van der Waals surface area contributed by atoms with E-state index >= 15 is 0 Å². The van der Waals surface area contributed by atoms with Gasteiger partial charge in [0.15, 0.2) is 5.96 Å². The first-order chi connectivity index (χ1) is 14.8. The Hall–Kier alpha value is -1.68. The fraction of sp³-hybridized carbons (Fsp3) is 0.458. The Bertz CT molecular complexity index is 768. The SMILES string of the molecule is CN=C(NCCCOC1CCOC1)NCc1ccccc1COCc1ccccc1.I. The molecule has 2 aromatic rings. The van der Waals surface area contributed by atoms with Crippen molar-refractivity contribution in [3.05, 3.63) is 71.3 Å². The molecule has 0 amide bonds. The third-order valence-corrected chi connectivity index (χ3v) is 5.01. The standard InChI is InChI=1S/C24H33N3O3.HI/c1-25-24(26-13-7-14-30-23-12-15-28-19-23)27-16-21-10-5-6-11-22(21)18-29-17-20-8-3-2-4-9-20;/h2-6,8-11,23H,7,12-19H2,1H3,(H2,25,26,27);1H. The Morgan fingerprint density at radius 1 is 1.03 bits per heavy atom. The number of hydrogen-bond donors (Lipinski definition) is 2. The van der Waals surface area contributed by atoms with Gasteiger partial charge in [-0.15, -0.1) is 24.0 Å². The molecule has 1 heterocycles. The van der Waals surface area contributed by atoms with Gasteiger partial charge in [-0.1, -0.05) is 54.6 Å². The lowest BCUT2D eigenvalue weighted by molar-refractivity contribution is 0.0420. The average Bonchev–Trinajstić information content (AvgIpc) is 3.31. The summed E-state index contributed by atoms with van der Waals surface area (Å²) in [5, 5.41) is 6.73. The lowest BCUT2D eigenvalue weighted by Crippen LogP contribution is -2.37. The van der Waals surface area contributed by atoms with Gasteiger partial charge in [0, 0.05) is 33.4 Å². The van der Waals surface area contributed by atoms with Crippen LogP contribution in [0.4, 0.5) is 0 Å². The molecule has 3 rings (SSSR count). The first kappa shape index (κ1) is 25.6. The van der Waals surface area contributed by atoms with Gasteiger partial charge in [0.2, 0.25) is 0 Å². The number of guanidine groups is 1. The van der Waals surface area contributed by atoms with E-state index in [2.05, 4.69) is 46.0 Å². The summed E-state index contributed by atoms with van der Waals surface area (Å²) in [7, 11) is 1.79. The van der Waals surface area contributed by atoms with Gasteiger partial charge >= 0.3 is 0 Å². The smallest absolute Gasteiger partial charge is 0.191 e. The normalized spacial score (nSPS) is 16.0. The van der Waals surface area contributed by atoms with Crippen LogP contribution in [0.2, 0.25) is 0 Å². The summed E-state index contributed by atoms with van der Waals surface area (Å²) in [4.78, 5) is 4.31. The first-order valence-corrected chi connectivity index (χ1v) is 10.7. The number of benzene rings is 2. The van der Waals surface area contributed by atoms with Crippen molar-refractivity contribution < 1.29 is 14.2 Å². The van der Waals surface area contributed by atoms with Crippen LogP contribution in [0.15, 0.2) is 59.6 Å². The fourth-order valence-electron chi connectivity index (χ4n) is 3.30. The second kappa shape index (κ2) is 15.2. The molecule has 1 aliphatic rings. The fourth-order valence-corrected chi connectivity index (χ4v) is 3.30. The minimum absolute atomic E-state index is 0. The van der Waals surface area contributed by atoms with Gasteiger partial charge in [0.25, 0.3) is 0 Å². The number of aliphatic imine (C=N–C) groups is 1. The first-order valence-electron chi connectivity index (χ1n) is 10.7. The Balaban J connectivity index is 0.00000341. The maximum absolute atomic E-state index is 5.92. The molecule has 0 aliphatic carbocycles. The van der Waals surface area contributed by atoms with Crippen LogP contribution in [0, 0.1) is 0 Å². The molecule has 7 heteroatoms. The minimum atomic E-state index is 0. The second-order valence-corrected chi connectivity index (χ2v) is 7.31. The molecule has 170 valence electrons. The molecule has 2 aromatic carbocycles. The Kier molecular flexibility index (Phi) is 12.5. The molecule has 0 saturated carbocycles. The molecule has 1 unspecified atom stereocenters. The van der Waals surface area contributed by atoms with Crippen LogP contribution in [0.1, 0.15) is 29.5 Å². The summed E-state index contributed by atoms with van der Waals surface area (Å²) in [6, 6.07) is 18.6. The van der Waals surface area contributed by atoms with Crippen molar-refractivity contribution >= 4 is 29.9 Å². The van der Waals surface area contributed by atoms with Crippen LogP contribution in [-0.4, -0.2) is 45.5 Å². The van der Waals surface area contributed by atoms with E-state index in [-0.39, 0.29) is 30.1 Å². The molecule has 0 aromatic heterocycles. The molecule has 1 aliphatic heterocycles. The topological polar surface area (TPSA) is 64.1 Å². The van der Waals surface area contributed by atoms with Crippen LogP contribution < -0.4 is 10.6 Å². The van der Waals surface area contributed by atoms with E-state index in [4.69, 9.17) is 14.2 Å². The third-order valence-electron chi connectivity index (χ3n) is 5.01. The van der Waals surface area contributed by atoms with Gasteiger partial charge in [-0.3, -0.25) is 4.99 Å². The Morgan fingerprint density at radius 3 is 2.55 bits per heavy atom. The summed E-state index contributed by atoms with van der Waals surface area (Å²) in [6.45, 7) is 4.99. The molecule has 6 nitrogen and oxygen atoms in total. The van der Waals surface area contributed by atoms with Gasteiger partial charge in [-0.2, -0.15) is 0 Å². The van der Waals surface area contributed by atoms with Crippen molar-refractivity contribution in [2.45, 2.75) is 38.7 Å². The van der Waals surface area contributed by atoms with Crippen LogP contribution in [0.3, 0.4) is 0 Å². The zero-order valence-corrected chi connectivity index (χ0v) is 20.5. The quantitative estimate of drug-likeness (QED) is 0.197. The van der Waals surface area contributed by atoms with E-state index in [1.165, 1.54) is 16.7 Å². The molecule has 31 heavy (non-hydrogen) atoms. The summed E-state index contributed by atoms with van der Waals surface area (Å²) in [5.74, 6) is 0.791. The van der Waals surface area contributed by atoms with Crippen molar-refractivity contribution in [3.63, 3.8) is 0 Å². The van der Waals surface area contributed by atoms with Crippen molar-refractivity contribution in [1.29, 1.82) is 0 Å². The van der Waals surface area contributed by atoms with E-state index in [1.54, 1.807) is 7.05 Å². The third kappa shape index (κ3) is 9.55. The van der Waals surface area contributed by atoms with Crippen molar-refractivity contribution in [1.82, 2.24) is 10.6 Å². The summed E-state index contributed by atoms with van der Waals surface area (Å²) in [5.41, 5.74) is 3.57. The molecular weight excluding hydrogens is 505 g/mol. The molecule has 1 atom stereocenters. The van der Waals surface area contributed by atoms with Crippen molar-refractivity contribution in [2.24, 2.45) is 4.99 Å². The lowest BCUT2D eigenvalue weighted by atomic mass is 10.1. The highest BCUT2D eigenvalue weighted by atomic mass is 127. The Morgan fingerprint density at radius 2 is 1.81 bits per heavy atom. The predicted molar refractivity (Wildman–Crippen MR) is 135 cm³/mol. The van der Waals surface area contributed by atoms with Gasteiger partial charge in [-0.05, 0) is 29.5 Å². The van der Waals surface area contributed by atoms with E-state index in [9.17, 15) is 0 Å². The van der Waals surface area contributed by atoms with Crippen LogP contribution in [-0.2, 0) is 34.0 Å². The van der Waals surface area contributed by atoms with E-state index in [1.807, 2.05) is 24.3 Å². The van der Waals surface area contributed by atoms with Crippen LogP contribution in [0.25, 0.3) is 0 Å². The van der Waals surface area contributed by atoms with Gasteiger partial charge in [-0.25, -0.2) is 0 Å². The van der Waals surface area contributed by atoms with Crippen molar-refractivity contribution in [2.75, 3.05) is 33.4 Å². The van der Waals surface area contributed by atoms with Crippen LogP contribution >= 0.6 is 24.0 Å². The molecular formula is C24H34IN3O3. The molecule has 1 fully saturated rings. The predicted octanol–water partition coefficient (Wildman–Crippen LogP) is 3.88. The van der Waals surface area contributed by atoms with Crippen molar-refractivity contribution in [3.8, 4) is 0 Å². The maximum Gasteiger partial charge on any atom is 0.191 e. The maximum atomic E-state index is 5.92. The zero-order valence-electron chi connectivity index (χ0n) is 18.2. The molecule has 1 saturated heterocycles. The molecule has 2 N–H and O–H groups in total. The largest absolute Gasteiger partial charge is 0.379 e. The molecule has 0 spiro atoms. The van der Waals surface area contributed by atoms with E-state index < -0.39 is 0 Å². The minimum Gasteiger partial charge on any atom is -0.379 e. The summed E-state index contributed by atoms with van der Waals surface area (Å²) >= 11 is 0. The number of hydrogen-bond acceptors (Lipinski definition) is 4. The van der Waals surface area contributed by atoms with E-state index in [0.717, 1.165) is 45.2 Å². The molecule has 0 radical (unpaired) electrons. The van der Waals surface area contributed by atoms with Gasteiger partial charge < -0.3 is 24.8 Å². The number of ether oxygens (including phenoxy) is 3. The number of rotatable bonds is 11. The highest BCUT2D eigenvalue weighted by molar-refractivity contribution is 14.0. The second-order valence-electron chi connectivity index (χ2n) is 7.31. The highest BCUT2D eigenvalue weighted by Crippen LogP contribution is 2.12. The average molecular weight is 539 g/mol. The Labute approximate surface area is 202 Å². The summed E-state index contributed by atoms with van der Waals surface area (Å²) < 4.78 is 17.0. The highest BCUT2D eigenvalue weighted by Gasteiger charge is 2.15. The molecule has 0 bridgehead atoms. The number of nitrogens with one attached hydrogen (secondary N) is 2. The van der Waals surface area contributed by atoms with Gasteiger partial charge in [0.05, 0.1) is 25.9 Å². The number of nitrogens with zero attached hydrogens (tertiary/aromatic N) is 1. The van der Waals surface area contributed by atoms with Gasteiger partial charge in [0.1, 0.15) is 0 Å². The number of halogens is 1.